The van der Waals surface area contributed by atoms with Crippen molar-refractivity contribution in [3.05, 3.63) is 28.2 Å². The molecule has 0 fully saturated rings. The van der Waals surface area contributed by atoms with Crippen LogP contribution in [0.5, 0.6) is 5.75 Å². The number of unbranched alkanes of at least 4 members (excludes halogenated alkanes) is 15. The molecule has 0 amide bonds. The molecule has 0 atom stereocenters. The van der Waals surface area contributed by atoms with E-state index in [1.807, 2.05) is 4.57 Å². The summed E-state index contributed by atoms with van der Waals surface area (Å²) in [5.41, 5.74) is 0.523. The number of pyridine rings is 1. The van der Waals surface area contributed by atoms with Crippen LogP contribution in [0.3, 0.4) is 0 Å². The zero-order valence-corrected chi connectivity index (χ0v) is 20.5. The van der Waals surface area contributed by atoms with Gasteiger partial charge in [-0.05, 0) is 12.8 Å². The Morgan fingerprint density at radius 1 is 0.742 bits per heavy atom. The minimum absolute atomic E-state index is 0.116. The zero-order chi connectivity index (χ0) is 22.6. The van der Waals surface area contributed by atoms with E-state index in [9.17, 15) is 9.90 Å². The summed E-state index contributed by atoms with van der Waals surface area (Å²) in [6.45, 7) is 5.62. The number of ether oxygens (including phenoxy) is 1. The first-order valence-electron chi connectivity index (χ1n) is 13.2. The first-order chi connectivity index (χ1) is 15.2. The Labute approximate surface area is 191 Å². The Kier molecular flexibility index (Phi) is 17.4. The molecule has 0 saturated carbocycles. The van der Waals surface area contributed by atoms with Crippen molar-refractivity contribution in [1.29, 1.82) is 0 Å². The predicted octanol–water partition coefficient (Wildman–Crippen LogP) is 7.39. The molecule has 0 aliphatic rings. The number of nitrogens with zero attached hydrogens (tertiary/aromatic N) is 1. The third-order valence-electron chi connectivity index (χ3n) is 6.06. The van der Waals surface area contributed by atoms with Crippen molar-refractivity contribution in [2.45, 2.75) is 136 Å². The van der Waals surface area contributed by atoms with Crippen LogP contribution in [0.15, 0.2) is 17.1 Å². The summed E-state index contributed by atoms with van der Waals surface area (Å²) in [6.07, 6.45) is 24.3. The maximum atomic E-state index is 12.1. The molecule has 0 aliphatic carbocycles. The Bertz CT molecular complexity index is 597. The van der Waals surface area contributed by atoms with Gasteiger partial charge in [-0.3, -0.25) is 4.79 Å². The molecule has 0 aromatic carbocycles. The first-order valence-corrected chi connectivity index (χ1v) is 13.2. The van der Waals surface area contributed by atoms with Crippen LogP contribution in [0.25, 0.3) is 0 Å². The van der Waals surface area contributed by atoms with E-state index < -0.39 is 0 Å². The predicted molar refractivity (Wildman–Crippen MR) is 132 cm³/mol. The largest absolute Gasteiger partial charge is 0.488 e. The van der Waals surface area contributed by atoms with Crippen LogP contribution >= 0.6 is 0 Å². The van der Waals surface area contributed by atoms with Crippen molar-refractivity contribution in [3.63, 3.8) is 0 Å². The van der Waals surface area contributed by atoms with E-state index in [4.69, 9.17) is 4.74 Å². The van der Waals surface area contributed by atoms with Crippen LogP contribution in [0, 0.1) is 0 Å². The Balaban J connectivity index is 1.96. The molecule has 4 nitrogen and oxygen atoms in total. The fourth-order valence-electron chi connectivity index (χ4n) is 4.12. The molecule has 0 radical (unpaired) electrons. The number of aliphatic hydroxyl groups excluding tert-OH is 1. The van der Waals surface area contributed by atoms with E-state index in [0.29, 0.717) is 18.1 Å². The number of hydrogen-bond acceptors (Lipinski definition) is 3. The van der Waals surface area contributed by atoms with Crippen LogP contribution in [0.1, 0.15) is 129 Å². The Morgan fingerprint density at radius 3 is 1.68 bits per heavy atom. The first kappa shape index (κ1) is 27.7. The van der Waals surface area contributed by atoms with Crippen molar-refractivity contribution in [1.82, 2.24) is 4.57 Å². The van der Waals surface area contributed by atoms with Crippen LogP contribution in [-0.4, -0.2) is 16.3 Å². The second-order valence-corrected chi connectivity index (χ2v) is 9.00. The highest BCUT2D eigenvalue weighted by Crippen LogP contribution is 2.14. The number of aliphatic hydroxyl groups is 1. The lowest BCUT2D eigenvalue weighted by molar-refractivity contribution is 0.265. The van der Waals surface area contributed by atoms with Crippen LogP contribution in [0.2, 0.25) is 0 Å². The molecular formula is C27H49NO3. The Hall–Kier alpha value is -1.29. The summed E-state index contributed by atoms with van der Waals surface area (Å²) in [5, 5.41) is 9.39. The second kappa shape index (κ2) is 19.4. The molecule has 4 heteroatoms. The molecule has 1 rings (SSSR count). The number of aromatic nitrogens is 1. The molecule has 1 aromatic rings. The summed E-state index contributed by atoms with van der Waals surface area (Å²) in [5.74, 6) is 0.409. The van der Waals surface area contributed by atoms with E-state index in [1.165, 1.54) is 96.0 Å². The summed E-state index contributed by atoms with van der Waals surface area (Å²) in [4.78, 5) is 12.1. The van der Waals surface area contributed by atoms with Gasteiger partial charge in [-0.2, -0.15) is 0 Å². The van der Waals surface area contributed by atoms with Gasteiger partial charge in [0.25, 0.3) is 0 Å². The van der Waals surface area contributed by atoms with Gasteiger partial charge in [0, 0.05) is 18.3 Å². The van der Waals surface area contributed by atoms with Crippen molar-refractivity contribution in [2.24, 2.45) is 0 Å². The lowest BCUT2D eigenvalue weighted by Crippen LogP contribution is -2.16. The fourth-order valence-corrected chi connectivity index (χ4v) is 4.12. The standard InChI is InChI=1S/C27H49NO3/c1-3-5-6-7-8-9-10-11-12-13-14-15-16-17-18-19-21-31-27-23-28(20-4-2)25(24-29)22-26(27)30/h22-23,29H,3-21,24H2,1-2H3. The lowest BCUT2D eigenvalue weighted by atomic mass is 10.0. The van der Waals surface area contributed by atoms with Gasteiger partial charge in [-0.25, -0.2) is 0 Å². The third kappa shape index (κ3) is 13.7. The number of aryl methyl sites for hydroxylation is 1. The molecule has 1 N–H and O–H groups in total. The van der Waals surface area contributed by atoms with Crippen LogP contribution < -0.4 is 10.2 Å². The monoisotopic (exact) mass is 435 g/mol. The maximum Gasteiger partial charge on any atom is 0.223 e. The number of rotatable bonds is 21. The molecule has 0 aliphatic heterocycles. The molecule has 1 aromatic heterocycles. The highest BCUT2D eigenvalue weighted by atomic mass is 16.5. The van der Waals surface area contributed by atoms with E-state index in [1.54, 1.807) is 6.20 Å². The van der Waals surface area contributed by atoms with Gasteiger partial charge in [0.1, 0.15) is 0 Å². The number of hydrogen-bond donors (Lipinski definition) is 1. The SMILES string of the molecule is CCCCCCCCCCCCCCCCCCOc1cn(CCC)c(CO)cc1=O. The van der Waals surface area contributed by atoms with E-state index >= 15 is 0 Å². The molecule has 0 spiro atoms. The Morgan fingerprint density at radius 2 is 1.23 bits per heavy atom. The van der Waals surface area contributed by atoms with Crippen LogP contribution in [0.4, 0.5) is 0 Å². The molecule has 0 bridgehead atoms. The molecular weight excluding hydrogens is 386 g/mol. The highest BCUT2D eigenvalue weighted by molar-refractivity contribution is 5.21. The third-order valence-corrected chi connectivity index (χ3v) is 6.06. The molecule has 0 saturated heterocycles. The summed E-state index contributed by atoms with van der Waals surface area (Å²) in [7, 11) is 0. The van der Waals surface area contributed by atoms with Gasteiger partial charge in [0.05, 0.1) is 19.4 Å². The maximum absolute atomic E-state index is 12.1. The summed E-state index contributed by atoms with van der Waals surface area (Å²) >= 11 is 0. The molecule has 31 heavy (non-hydrogen) atoms. The molecule has 180 valence electrons. The zero-order valence-electron chi connectivity index (χ0n) is 20.5. The summed E-state index contributed by atoms with van der Waals surface area (Å²) < 4.78 is 7.65. The van der Waals surface area contributed by atoms with E-state index in [-0.39, 0.29) is 12.0 Å². The van der Waals surface area contributed by atoms with Crippen LogP contribution in [-0.2, 0) is 13.2 Å². The smallest absolute Gasteiger partial charge is 0.223 e. The van der Waals surface area contributed by atoms with Gasteiger partial charge in [0.2, 0.25) is 5.43 Å². The van der Waals surface area contributed by atoms with Gasteiger partial charge in [0.15, 0.2) is 5.75 Å². The minimum atomic E-state index is -0.132. The average Bonchev–Trinajstić information content (AvgIpc) is 2.77. The van der Waals surface area contributed by atoms with Gasteiger partial charge in [-0.1, -0.05) is 110 Å². The minimum Gasteiger partial charge on any atom is -0.488 e. The van der Waals surface area contributed by atoms with Crippen molar-refractivity contribution < 1.29 is 9.84 Å². The van der Waals surface area contributed by atoms with E-state index in [2.05, 4.69) is 13.8 Å². The van der Waals surface area contributed by atoms with Crippen molar-refractivity contribution in [3.8, 4) is 5.75 Å². The van der Waals surface area contributed by atoms with Gasteiger partial charge >= 0.3 is 0 Å². The summed E-state index contributed by atoms with van der Waals surface area (Å²) in [6, 6.07) is 1.50. The lowest BCUT2D eigenvalue weighted by Gasteiger charge is -2.13. The van der Waals surface area contributed by atoms with E-state index in [0.717, 1.165) is 25.8 Å². The van der Waals surface area contributed by atoms with Gasteiger partial charge < -0.3 is 14.4 Å². The topological polar surface area (TPSA) is 51.5 Å². The molecule has 0 unspecified atom stereocenters. The molecule has 1 heterocycles. The van der Waals surface area contributed by atoms with Crippen molar-refractivity contribution in [2.75, 3.05) is 6.61 Å². The van der Waals surface area contributed by atoms with Crippen molar-refractivity contribution >= 4 is 0 Å². The van der Waals surface area contributed by atoms with Gasteiger partial charge in [-0.15, -0.1) is 0 Å². The normalized spacial score (nSPS) is 11.2. The second-order valence-electron chi connectivity index (χ2n) is 9.00. The fraction of sp³-hybridized carbons (Fsp3) is 0.815. The highest BCUT2D eigenvalue weighted by Gasteiger charge is 2.07. The average molecular weight is 436 g/mol. The quantitative estimate of drug-likeness (QED) is 0.205.